The monoisotopic (exact) mass is 237 g/mol. The van der Waals surface area contributed by atoms with Crippen molar-refractivity contribution >= 4 is 28.5 Å². The van der Waals surface area contributed by atoms with Crippen LogP contribution in [0.5, 0.6) is 0 Å². The molecule has 1 heterocycles. The summed E-state index contributed by atoms with van der Waals surface area (Å²) in [7, 11) is 0. The molecule has 0 fully saturated rings. The number of hydrogen-bond acceptors (Lipinski definition) is 2. The lowest BCUT2D eigenvalue weighted by atomic mass is 10.1. The van der Waals surface area contributed by atoms with E-state index in [1.807, 2.05) is 0 Å². The second kappa shape index (κ2) is 3.98. The lowest BCUT2D eigenvalue weighted by molar-refractivity contribution is -0.136. The average molecular weight is 238 g/mol. The van der Waals surface area contributed by atoms with Crippen molar-refractivity contribution in [3.8, 4) is 0 Å². The van der Waals surface area contributed by atoms with E-state index in [9.17, 15) is 9.59 Å². The molecule has 0 atom stereocenters. The molecule has 0 aliphatic rings. The smallest absolute Gasteiger partial charge is 0.308 e. The number of rotatable bonds is 2. The van der Waals surface area contributed by atoms with E-state index in [-0.39, 0.29) is 17.4 Å². The highest BCUT2D eigenvalue weighted by Crippen LogP contribution is 2.15. The van der Waals surface area contributed by atoms with Crippen molar-refractivity contribution in [3.63, 3.8) is 0 Å². The third kappa shape index (κ3) is 1.92. The largest absolute Gasteiger partial charge is 0.481 e. The second-order valence-corrected chi connectivity index (χ2v) is 3.84. The summed E-state index contributed by atoms with van der Waals surface area (Å²) in [6, 6.07) is 4.88. The molecule has 5 heteroatoms. The summed E-state index contributed by atoms with van der Waals surface area (Å²) in [6.45, 7) is 0. The molecule has 4 nitrogen and oxygen atoms in total. The molecule has 0 bridgehead atoms. The molecule has 1 aromatic heterocycles. The van der Waals surface area contributed by atoms with Crippen LogP contribution in [0.25, 0.3) is 10.9 Å². The van der Waals surface area contributed by atoms with E-state index >= 15 is 0 Å². The molecule has 0 radical (unpaired) electrons. The maximum Gasteiger partial charge on any atom is 0.308 e. The van der Waals surface area contributed by atoms with Gasteiger partial charge in [-0.1, -0.05) is 11.6 Å². The van der Waals surface area contributed by atoms with E-state index in [4.69, 9.17) is 16.7 Å². The Morgan fingerprint density at radius 1 is 1.44 bits per heavy atom. The minimum Gasteiger partial charge on any atom is -0.481 e. The molecule has 2 aromatic rings. The van der Waals surface area contributed by atoms with E-state index < -0.39 is 5.97 Å². The summed E-state index contributed by atoms with van der Waals surface area (Å²) >= 11 is 5.78. The Balaban J connectivity index is 2.68. The molecule has 0 unspecified atom stereocenters. The van der Waals surface area contributed by atoms with Crippen molar-refractivity contribution in [2.45, 2.75) is 6.42 Å². The molecule has 2 N–H and O–H groups in total. The van der Waals surface area contributed by atoms with Gasteiger partial charge in [0.05, 0.1) is 6.42 Å². The number of pyridine rings is 1. The van der Waals surface area contributed by atoms with Gasteiger partial charge in [-0.05, 0) is 18.2 Å². The first kappa shape index (κ1) is 10.7. The highest BCUT2D eigenvalue weighted by atomic mass is 35.5. The lowest BCUT2D eigenvalue weighted by Gasteiger charge is -2.01. The third-order valence-electron chi connectivity index (χ3n) is 2.26. The first-order valence-electron chi connectivity index (χ1n) is 4.59. The van der Waals surface area contributed by atoms with E-state index in [0.29, 0.717) is 15.9 Å². The molecule has 16 heavy (non-hydrogen) atoms. The fourth-order valence-corrected chi connectivity index (χ4v) is 1.70. The van der Waals surface area contributed by atoms with Gasteiger partial charge in [0.2, 0.25) is 0 Å². The van der Waals surface area contributed by atoms with Crippen LogP contribution >= 0.6 is 11.6 Å². The zero-order valence-electron chi connectivity index (χ0n) is 8.16. The molecular weight excluding hydrogens is 230 g/mol. The first-order valence-corrected chi connectivity index (χ1v) is 4.97. The number of H-pyrrole nitrogens is 1. The number of aromatic nitrogens is 1. The van der Waals surface area contributed by atoms with Crippen molar-refractivity contribution in [3.05, 3.63) is 45.2 Å². The summed E-state index contributed by atoms with van der Waals surface area (Å²) in [6.07, 6.45) is 1.13. The summed E-state index contributed by atoms with van der Waals surface area (Å²) < 4.78 is 0. The zero-order chi connectivity index (χ0) is 11.7. The van der Waals surface area contributed by atoms with E-state index in [2.05, 4.69) is 4.98 Å². The van der Waals surface area contributed by atoms with E-state index in [0.717, 1.165) is 0 Å². The van der Waals surface area contributed by atoms with Crippen molar-refractivity contribution in [1.29, 1.82) is 0 Å². The van der Waals surface area contributed by atoms with Gasteiger partial charge in [0.15, 0.2) is 5.43 Å². The van der Waals surface area contributed by atoms with Crippen LogP contribution in [-0.2, 0) is 11.2 Å². The summed E-state index contributed by atoms with van der Waals surface area (Å²) in [5.74, 6) is -1.04. The minimum absolute atomic E-state index is 0.224. The Morgan fingerprint density at radius 3 is 2.88 bits per heavy atom. The molecule has 0 saturated carbocycles. The van der Waals surface area contributed by atoms with Gasteiger partial charge in [-0.25, -0.2) is 0 Å². The van der Waals surface area contributed by atoms with Crippen LogP contribution in [0.4, 0.5) is 0 Å². The Hall–Kier alpha value is -1.81. The van der Waals surface area contributed by atoms with Gasteiger partial charge in [-0.2, -0.15) is 0 Å². The molecule has 0 amide bonds. The number of carboxylic acid groups (broad SMARTS) is 1. The van der Waals surface area contributed by atoms with E-state index in [1.54, 1.807) is 12.1 Å². The van der Waals surface area contributed by atoms with Crippen LogP contribution in [0.15, 0.2) is 29.2 Å². The second-order valence-electron chi connectivity index (χ2n) is 3.40. The molecule has 0 aliphatic heterocycles. The van der Waals surface area contributed by atoms with Gasteiger partial charge < -0.3 is 10.1 Å². The van der Waals surface area contributed by atoms with Gasteiger partial charge in [0.1, 0.15) is 0 Å². The van der Waals surface area contributed by atoms with Crippen molar-refractivity contribution < 1.29 is 9.90 Å². The highest BCUT2D eigenvalue weighted by Gasteiger charge is 2.08. The predicted octanol–water partition coefficient (Wildman–Crippen LogP) is 1.81. The predicted molar refractivity (Wildman–Crippen MR) is 60.9 cm³/mol. The normalized spacial score (nSPS) is 10.6. The quantitative estimate of drug-likeness (QED) is 0.837. The molecule has 0 saturated heterocycles. The van der Waals surface area contributed by atoms with Crippen LogP contribution in [0.1, 0.15) is 5.56 Å². The van der Waals surface area contributed by atoms with Crippen LogP contribution in [0, 0.1) is 0 Å². The summed E-state index contributed by atoms with van der Waals surface area (Å²) in [4.78, 5) is 25.3. The number of carbonyl (C=O) groups is 1. The SMILES string of the molecule is O=C(O)Cc1c[nH]c2ccc(Cl)cc2c1=O. The maximum absolute atomic E-state index is 11.9. The Morgan fingerprint density at radius 2 is 2.19 bits per heavy atom. The average Bonchev–Trinajstić information content (AvgIpc) is 2.22. The molecule has 82 valence electrons. The van der Waals surface area contributed by atoms with Gasteiger partial charge >= 0.3 is 5.97 Å². The van der Waals surface area contributed by atoms with Gasteiger partial charge in [-0.3, -0.25) is 9.59 Å². The Bertz CT molecular complexity index is 618. The molecule has 2 rings (SSSR count). The highest BCUT2D eigenvalue weighted by molar-refractivity contribution is 6.31. The third-order valence-corrected chi connectivity index (χ3v) is 2.50. The summed E-state index contributed by atoms with van der Waals surface area (Å²) in [5, 5.41) is 9.50. The van der Waals surface area contributed by atoms with E-state index in [1.165, 1.54) is 12.3 Å². The number of halogens is 1. The maximum atomic E-state index is 11.9. The number of fused-ring (bicyclic) bond motifs is 1. The number of benzene rings is 1. The van der Waals surface area contributed by atoms with Crippen LogP contribution in [0.3, 0.4) is 0 Å². The van der Waals surface area contributed by atoms with Gasteiger partial charge in [-0.15, -0.1) is 0 Å². The number of hydrogen-bond donors (Lipinski definition) is 2. The standard InChI is InChI=1S/C11H8ClNO3/c12-7-1-2-9-8(4-7)11(16)6(5-13-9)3-10(14)15/h1-2,4-5H,3H2,(H,13,16)(H,14,15). The number of aromatic amines is 1. The van der Waals surface area contributed by atoms with Gasteiger partial charge in [0.25, 0.3) is 0 Å². The van der Waals surface area contributed by atoms with Crippen LogP contribution in [-0.4, -0.2) is 16.1 Å². The fraction of sp³-hybridized carbons (Fsp3) is 0.0909. The number of carboxylic acids is 1. The number of nitrogens with one attached hydrogen (secondary N) is 1. The van der Waals surface area contributed by atoms with Crippen molar-refractivity contribution in [1.82, 2.24) is 4.98 Å². The van der Waals surface area contributed by atoms with Gasteiger partial charge in [0, 0.05) is 27.7 Å². The van der Waals surface area contributed by atoms with Crippen LogP contribution in [0.2, 0.25) is 5.02 Å². The first-order chi connectivity index (χ1) is 7.58. The Kier molecular flexibility index (Phi) is 2.66. The number of aliphatic carboxylic acids is 1. The summed E-state index contributed by atoms with van der Waals surface area (Å²) in [5.41, 5.74) is 0.574. The van der Waals surface area contributed by atoms with Crippen LogP contribution < -0.4 is 5.43 Å². The van der Waals surface area contributed by atoms with Crippen molar-refractivity contribution in [2.24, 2.45) is 0 Å². The Labute approximate surface area is 95.5 Å². The topological polar surface area (TPSA) is 70.2 Å². The minimum atomic E-state index is -1.04. The lowest BCUT2D eigenvalue weighted by Crippen LogP contribution is -2.14. The fourth-order valence-electron chi connectivity index (χ4n) is 1.53. The molecule has 0 aliphatic carbocycles. The van der Waals surface area contributed by atoms with Crippen molar-refractivity contribution in [2.75, 3.05) is 0 Å². The molecule has 0 spiro atoms. The molecule has 1 aromatic carbocycles. The zero-order valence-corrected chi connectivity index (χ0v) is 8.91. The molecular formula is C11H8ClNO3.